The lowest BCUT2D eigenvalue weighted by Gasteiger charge is -2.38. The van der Waals surface area contributed by atoms with Crippen molar-refractivity contribution >= 4 is 5.82 Å². The highest BCUT2D eigenvalue weighted by atomic mass is 16.3. The van der Waals surface area contributed by atoms with Crippen LogP contribution in [-0.2, 0) is 0 Å². The van der Waals surface area contributed by atoms with Crippen LogP contribution in [0.1, 0.15) is 26.7 Å². The number of nitrogen functional groups attached to an aromatic ring is 1. The van der Waals surface area contributed by atoms with Crippen LogP contribution in [0.25, 0.3) is 0 Å². The Hall–Kier alpha value is -1.56. The first-order valence-corrected chi connectivity index (χ1v) is 6.25. The van der Waals surface area contributed by atoms with Crippen molar-refractivity contribution in [2.45, 2.75) is 32.3 Å². The molecule has 6 nitrogen and oxygen atoms in total. The van der Waals surface area contributed by atoms with Crippen molar-refractivity contribution in [1.82, 2.24) is 9.89 Å². The van der Waals surface area contributed by atoms with Gasteiger partial charge in [-0.05, 0) is 44.7 Å². The van der Waals surface area contributed by atoms with Gasteiger partial charge in [0.15, 0.2) is 11.3 Å². The molecule has 0 amide bonds. The van der Waals surface area contributed by atoms with Crippen LogP contribution in [0.15, 0.2) is 12.1 Å². The van der Waals surface area contributed by atoms with E-state index in [0.29, 0.717) is 5.92 Å². The van der Waals surface area contributed by atoms with Crippen molar-refractivity contribution in [2.24, 2.45) is 5.92 Å². The van der Waals surface area contributed by atoms with Gasteiger partial charge < -0.3 is 15.8 Å². The Bertz CT molecular complexity index is 468. The minimum absolute atomic E-state index is 0.185. The maximum Gasteiger partial charge on any atom is 0.164 e. The summed E-state index contributed by atoms with van der Waals surface area (Å²) < 4.78 is 0. The molecule has 0 aliphatic carbocycles. The van der Waals surface area contributed by atoms with E-state index in [9.17, 15) is 5.11 Å². The van der Waals surface area contributed by atoms with Crippen LogP contribution in [-0.4, -0.2) is 33.7 Å². The highest BCUT2D eigenvalue weighted by Gasteiger charge is 2.30. The number of aromatic nitrogens is 2. The quantitative estimate of drug-likeness (QED) is 0.648. The average molecular weight is 251 g/mol. The fourth-order valence-electron chi connectivity index (χ4n) is 2.41. The minimum Gasteiger partial charge on any atom is -0.390 e. The van der Waals surface area contributed by atoms with E-state index in [1.165, 1.54) is 0 Å². The SMILES string of the molecule is CC(C)(O)C1CCN(c2ccc(=N)n(N)n2)CC1. The van der Waals surface area contributed by atoms with E-state index < -0.39 is 5.60 Å². The van der Waals surface area contributed by atoms with E-state index in [1.54, 1.807) is 6.07 Å². The second-order valence-corrected chi connectivity index (χ2v) is 5.44. The zero-order valence-corrected chi connectivity index (χ0v) is 10.9. The van der Waals surface area contributed by atoms with E-state index in [1.807, 2.05) is 19.9 Å². The zero-order valence-electron chi connectivity index (χ0n) is 10.9. The van der Waals surface area contributed by atoms with E-state index in [-0.39, 0.29) is 5.49 Å². The molecule has 0 unspecified atom stereocenters. The average Bonchev–Trinajstić information content (AvgIpc) is 2.32. The Balaban J connectivity index is 2.05. The molecule has 1 aliphatic rings. The molecule has 18 heavy (non-hydrogen) atoms. The second-order valence-electron chi connectivity index (χ2n) is 5.44. The number of nitrogens with two attached hydrogens (primary N) is 1. The van der Waals surface area contributed by atoms with Crippen LogP contribution >= 0.6 is 0 Å². The number of hydrogen-bond donors (Lipinski definition) is 3. The summed E-state index contributed by atoms with van der Waals surface area (Å²) in [5.41, 5.74) is -0.427. The predicted octanol–water partition coefficient (Wildman–Crippen LogP) is 0.0637. The standard InChI is InChI=1S/C12H21N5O/c1-12(2,18)9-5-7-16(8-6-9)11-4-3-10(13)17(14)15-11/h3-4,9,13,18H,5-8,14H2,1-2H3. The Kier molecular flexibility index (Phi) is 3.30. The number of hydrogen-bond acceptors (Lipinski definition) is 5. The molecule has 1 saturated heterocycles. The Morgan fingerprint density at radius 3 is 2.50 bits per heavy atom. The molecule has 1 aromatic heterocycles. The van der Waals surface area contributed by atoms with Gasteiger partial charge in [-0.3, -0.25) is 5.41 Å². The maximum absolute atomic E-state index is 10.00. The third-order valence-electron chi connectivity index (χ3n) is 3.67. The van der Waals surface area contributed by atoms with E-state index in [4.69, 9.17) is 11.3 Å². The predicted molar refractivity (Wildman–Crippen MR) is 69.5 cm³/mol. The minimum atomic E-state index is -0.613. The van der Waals surface area contributed by atoms with Gasteiger partial charge in [-0.1, -0.05) is 0 Å². The number of anilines is 1. The molecule has 2 rings (SSSR count). The first-order chi connectivity index (χ1) is 8.38. The third kappa shape index (κ3) is 2.64. The highest BCUT2D eigenvalue weighted by molar-refractivity contribution is 5.36. The lowest BCUT2D eigenvalue weighted by molar-refractivity contribution is 0.00644. The van der Waals surface area contributed by atoms with Crippen molar-refractivity contribution < 1.29 is 5.11 Å². The Morgan fingerprint density at radius 2 is 2.00 bits per heavy atom. The summed E-state index contributed by atoms with van der Waals surface area (Å²) >= 11 is 0. The molecule has 0 atom stereocenters. The van der Waals surface area contributed by atoms with Gasteiger partial charge in [-0.2, -0.15) is 4.79 Å². The van der Waals surface area contributed by atoms with Crippen LogP contribution in [0.4, 0.5) is 5.82 Å². The van der Waals surface area contributed by atoms with Crippen molar-refractivity contribution in [1.29, 1.82) is 5.41 Å². The van der Waals surface area contributed by atoms with Gasteiger partial charge in [0.2, 0.25) is 0 Å². The zero-order chi connectivity index (χ0) is 13.3. The van der Waals surface area contributed by atoms with Gasteiger partial charge in [-0.15, -0.1) is 5.10 Å². The fraction of sp³-hybridized carbons (Fsp3) is 0.667. The van der Waals surface area contributed by atoms with E-state index in [0.717, 1.165) is 36.5 Å². The normalized spacial score (nSPS) is 18.1. The Morgan fingerprint density at radius 1 is 1.39 bits per heavy atom. The van der Waals surface area contributed by atoms with Gasteiger partial charge in [0, 0.05) is 13.1 Å². The lowest BCUT2D eigenvalue weighted by atomic mass is 9.83. The van der Waals surface area contributed by atoms with Crippen LogP contribution < -0.4 is 16.2 Å². The molecular weight excluding hydrogens is 230 g/mol. The summed E-state index contributed by atoms with van der Waals surface area (Å²) in [4.78, 5) is 3.22. The first-order valence-electron chi connectivity index (χ1n) is 6.25. The molecule has 1 aromatic rings. The largest absolute Gasteiger partial charge is 0.390 e. The number of rotatable bonds is 2. The molecule has 0 saturated carbocycles. The summed E-state index contributed by atoms with van der Waals surface area (Å²) in [5, 5.41) is 21.6. The van der Waals surface area contributed by atoms with E-state index >= 15 is 0 Å². The number of nitrogens with one attached hydrogen (secondary N) is 1. The summed E-state index contributed by atoms with van der Waals surface area (Å²) in [6.45, 7) is 5.46. The second kappa shape index (κ2) is 4.61. The van der Waals surface area contributed by atoms with Crippen molar-refractivity contribution in [3.63, 3.8) is 0 Å². The summed E-state index contributed by atoms with van der Waals surface area (Å²) in [7, 11) is 0. The van der Waals surface area contributed by atoms with Gasteiger partial charge in [0.25, 0.3) is 0 Å². The van der Waals surface area contributed by atoms with Crippen molar-refractivity contribution in [3.8, 4) is 0 Å². The molecule has 1 aliphatic heterocycles. The molecule has 2 heterocycles. The maximum atomic E-state index is 10.00. The summed E-state index contributed by atoms with van der Waals surface area (Å²) in [5.74, 6) is 6.70. The molecule has 4 N–H and O–H groups in total. The molecule has 0 spiro atoms. The van der Waals surface area contributed by atoms with Crippen LogP contribution in [0.3, 0.4) is 0 Å². The van der Waals surface area contributed by atoms with Gasteiger partial charge in [0.1, 0.15) is 0 Å². The van der Waals surface area contributed by atoms with Crippen LogP contribution in [0, 0.1) is 11.3 Å². The van der Waals surface area contributed by atoms with Gasteiger partial charge >= 0.3 is 0 Å². The lowest BCUT2D eigenvalue weighted by Crippen LogP contribution is -2.43. The smallest absolute Gasteiger partial charge is 0.164 e. The monoisotopic (exact) mass is 251 g/mol. The van der Waals surface area contributed by atoms with Gasteiger partial charge in [0.05, 0.1) is 5.60 Å². The molecular formula is C12H21N5O. The van der Waals surface area contributed by atoms with Crippen LogP contribution in [0.5, 0.6) is 0 Å². The van der Waals surface area contributed by atoms with E-state index in [2.05, 4.69) is 10.00 Å². The molecule has 1 fully saturated rings. The number of nitrogens with zero attached hydrogens (tertiary/aromatic N) is 3. The molecule has 0 bridgehead atoms. The third-order valence-corrected chi connectivity index (χ3v) is 3.67. The van der Waals surface area contributed by atoms with Crippen molar-refractivity contribution in [3.05, 3.63) is 17.6 Å². The molecule has 6 heteroatoms. The number of piperidine rings is 1. The summed E-state index contributed by atoms with van der Waals surface area (Å²) in [6.07, 6.45) is 1.89. The number of aliphatic hydroxyl groups is 1. The first kappa shape index (κ1) is 12.9. The molecule has 0 aromatic carbocycles. The Labute approximate surface area is 107 Å². The fourth-order valence-corrected chi connectivity index (χ4v) is 2.41. The van der Waals surface area contributed by atoms with Crippen molar-refractivity contribution in [2.75, 3.05) is 23.8 Å². The molecule has 100 valence electrons. The van der Waals surface area contributed by atoms with Gasteiger partial charge in [-0.25, -0.2) is 0 Å². The highest BCUT2D eigenvalue weighted by Crippen LogP contribution is 2.29. The van der Waals surface area contributed by atoms with Crippen LogP contribution in [0.2, 0.25) is 0 Å². The summed E-state index contributed by atoms with van der Waals surface area (Å²) in [6, 6.07) is 3.46. The topological polar surface area (TPSA) is 91.2 Å². The molecule has 0 radical (unpaired) electrons.